The first-order valence-corrected chi connectivity index (χ1v) is 10.6. The van der Waals surface area contributed by atoms with Gasteiger partial charge in [-0.3, -0.25) is 9.79 Å². The number of rotatable bonds is 6. The van der Waals surface area contributed by atoms with Gasteiger partial charge in [-0.15, -0.1) is 0 Å². The van der Waals surface area contributed by atoms with Crippen molar-refractivity contribution in [1.82, 2.24) is 9.97 Å². The topological polar surface area (TPSA) is 112 Å². The summed E-state index contributed by atoms with van der Waals surface area (Å²) in [6, 6.07) is 4.34. The number of carbonyl (C=O) groups excluding carboxylic acids is 1. The van der Waals surface area contributed by atoms with Crippen molar-refractivity contribution in [2.45, 2.75) is 24.5 Å². The predicted octanol–water partition coefficient (Wildman–Crippen LogP) is 2.86. The highest BCUT2D eigenvalue weighted by Crippen LogP contribution is 2.52. The van der Waals surface area contributed by atoms with Crippen LogP contribution in [-0.4, -0.2) is 46.9 Å². The number of ether oxygens (including phenoxy) is 2. The van der Waals surface area contributed by atoms with E-state index in [0.29, 0.717) is 28.6 Å². The zero-order valence-corrected chi connectivity index (χ0v) is 17.5. The minimum Gasteiger partial charge on any atom is -0.445 e. The van der Waals surface area contributed by atoms with E-state index in [1.54, 1.807) is 13.2 Å². The number of amidine groups is 1. The van der Waals surface area contributed by atoms with Crippen molar-refractivity contribution in [2.24, 2.45) is 16.6 Å². The third kappa shape index (κ3) is 4.19. The Labute approximate surface area is 181 Å². The fourth-order valence-electron chi connectivity index (χ4n) is 4.13. The largest absolute Gasteiger partial charge is 0.445 e. The van der Waals surface area contributed by atoms with Crippen LogP contribution in [0.4, 0.5) is 14.5 Å². The number of methoxy groups -OCH3 is 1. The molecule has 4 rings (SSSR count). The molecular formula is C20H21F2N5O3S. The van der Waals surface area contributed by atoms with Gasteiger partial charge < -0.3 is 20.5 Å². The summed E-state index contributed by atoms with van der Waals surface area (Å²) in [7, 11) is 1.63. The molecule has 1 saturated carbocycles. The average molecular weight is 449 g/mol. The van der Waals surface area contributed by atoms with E-state index in [1.165, 1.54) is 30.1 Å². The molecule has 0 spiro atoms. The lowest BCUT2D eigenvalue weighted by atomic mass is 9.81. The number of carbonyl (C=O) groups is 1. The maximum Gasteiger partial charge on any atom is 0.275 e. The van der Waals surface area contributed by atoms with Gasteiger partial charge >= 0.3 is 0 Å². The summed E-state index contributed by atoms with van der Waals surface area (Å²) in [5, 5.41) is 3.10. The molecule has 3 unspecified atom stereocenters. The number of aromatic nitrogens is 2. The minimum atomic E-state index is -1.04. The van der Waals surface area contributed by atoms with Crippen LogP contribution in [0.3, 0.4) is 0 Å². The van der Waals surface area contributed by atoms with Crippen molar-refractivity contribution in [3.05, 3.63) is 47.7 Å². The summed E-state index contributed by atoms with van der Waals surface area (Å²) in [4.78, 5) is 24.9. The molecule has 0 saturated heterocycles. The second-order valence-corrected chi connectivity index (χ2v) is 8.36. The van der Waals surface area contributed by atoms with Crippen molar-refractivity contribution < 1.29 is 23.0 Å². The fourth-order valence-corrected chi connectivity index (χ4v) is 5.14. The van der Waals surface area contributed by atoms with Gasteiger partial charge in [0.15, 0.2) is 5.17 Å². The lowest BCUT2D eigenvalue weighted by Crippen LogP contribution is -2.37. The molecule has 1 amide bonds. The van der Waals surface area contributed by atoms with Crippen molar-refractivity contribution in [2.75, 3.05) is 25.0 Å². The monoisotopic (exact) mass is 449 g/mol. The Morgan fingerprint density at radius 2 is 2.23 bits per heavy atom. The zero-order valence-electron chi connectivity index (χ0n) is 16.7. The Bertz CT molecular complexity index is 1010. The Kier molecular flexibility index (Phi) is 6.05. The number of fused-ring (bicyclic) bond motifs is 1. The molecule has 11 heteroatoms. The molecule has 1 fully saturated rings. The summed E-state index contributed by atoms with van der Waals surface area (Å²) < 4.78 is 37.3. The minimum absolute atomic E-state index is 0.00441. The van der Waals surface area contributed by atoms with Crippen molar-refractivity contribution in [3.8, 4) is 5.88 Å². The van der Waals surface area contributed by atoms with Crippen LogP contribution >= 0.6 is 11.8 Å². The number of anilines is 1. The van der Waals surface area contributed by atoms with E-state index in [4.69, 9.17) is 10.5 Å². The summed E-state index contributed by atoms with van der Waals surface area (Å²) in [5.41, 5.74) is 5.93. The maximum atomic E-state index is 15.0. The van der Waals surface area contributed by atoms with E-state index in [0.717, 1.165) is 12.6 Å². The van der Waals surface area contributed by atoms with Gasteiger partial charge in [-0.1, -0.05) is 11.8 Å². The number of halogens is 2. The molecule has 3 atom stereocenters. The normalized spacial score (nSPS) is 24.9. The van der Waals surface area contributed by atoms with Crippen LogP contribution in [0, 0.1) is 11.7 Å². The van der Waals surface area contributed by atoms with Crippen LogP contribution in [0.25, 0.3) is 0 Å². The van der Waals surface area contributed by atoms with Crippen molar-refractivity contribution in [1.29, 1.82) is 0 Å². The molecule has 1 aromatic heterocycles. The number of hydrogen-bond donors (Lipinski definition) is 2. The Morgan fingerprint density at radius 3 is 2.94 bits per heavy atom. The molecule has 0 radical (unpaired) electrons. The molecule has 1 aromatic carbocycles. The zero-order chi connectivity index (χ0) is 22.0. The average Bonchev–Trinajstić information content (AvgIpc) is 3.14. The van der Waals surface area contributed by atoms with Gasteiger partial charge in [0.1, 0.15) is 11.5 Å². The van der Waals surface area contributed by atoms with Gasteiger partial charge in [0, 0.05) is 36.5 Å². The van der Waals surface area contributed by atoms with Gasteiger partial charge in [0.25, 0.3) is 5.91 Å². The van der Waals surface area contributed by atoms with Crippen LogP contribution in [0.5, 0.6) is 5.88 Å². The first-order chi connectivity index (χ1) is 14.9. The molecule has 8 nitrogen and oxygen atoms in total. The number of nitrogens with two attached hydrogens (primary N) is 1. The molecule has 2 aromatic rings. The van der Waals surface area contributed by atoms with E-state index in [1.807, 2.05) is 0 Å². The number of hydrogen-bond acceptors (Lipinski definition) is 8. The highest BCUT2D eigenvalue weighted by molar-refractivity contribution is 8.13. The van der Waals surface area contributed by atoms with E-state index in [2.05, 4.69) is 25.0 Å². The number of benzene rings is 1. The lowest BCUT2D eigenvalue weighted by molar-refractivity contribution is 0.101. The first-order valence-electron chi connectivity index (χ1n) is 9.58. The van der Waals surface area contributed by atoms with Crippen LogP contribution in [0.2, 0.25) is 0 Å². The third-order valence-electron chi connectivity index (χ3n) is 5.59. The molecule has 31 heavy (non-hydrogen) atoms. The Morgan fingerprint density at radius 1 is 1.39 bits per heavy atom. The predicted molar refractivity (Wildman–Crippen MR) is 112 cm³/mol. The van der Waals surface area contributed by atoms with Crippen molar-refractivity contribution >= 4 is 28.5 Å². The second-order valence-electron chi connectivity index (χ2n) is 7.32. The highest BCUT2D eigenvalue weighted by Gasteiger charge is 2.52. The smallest absolute Gasteiger partial charge is 0.275 e. The SMILES string of the molecule is COC1CC2CSC(N)=NC2(c2cc(NC(=O)c3cnc(OCF)cn3)ccc2F)C1. The highest BCUT2D eigenvalue weighted by atomic mass is 32.2. The molecule has 1 aliphatic carbocycles. The number of alkyl halides is 1. The first kappa shape index (κ1) is 21.4. The van der Waals surface area contributed by atoms with E-state index in [-0.39, 0.29) is 23.6 Å². The van der Waals surface area contributed by atoms with Crippen LogP contribution in [-0.2, 0) is 10.3 Å². The number of thioether (sulfide) groups is 1. The van der Waals surface area contributed by atoms with Crippen molar-refractivity contribution in [3.63, 3.8) is 0 Å². The number of aliphatic imine (C=N–C) groups is 1. The molecule has 3 N–H and O–H groups in total. The van der Waals surface area contributed by atoms with Crippen LogP contribution < -0.4 is 15.8 Å². The van der Waals surface area contributed by atoms with E-state index in [9.17, 15) is 13.6 Å². The molecule has 0 bridgehead atoms. The van der Waals surface area contributed by atoms with Gasteiger partial charge in [-0.25, -0.2) is 18.7 Å². The Balaban J connectivity index is 1.62. The fraction of sp³-hybridized carbons (Fsp3) is 0.400. The third-order valence-corrected chi connectivity index (χ3v) is 6.55. The number of amides is 1. The maximum absolute atomic E-state index is 15.0. The van der Waals surface area contributed by atoms with Gasteiger partial charge in [-0.2, -0.15) is 0 Å². The standard InChI is InChI=1S/C20H21F2N5O3S/c1-29-13-4-11-9-31-19(23)27-20(11,6-13)14-5-12(2-3-15(14)22)26-18(28)16-7-25-17(8-24-16)30-10-21/h2-3,5,7-8,11,13H,4,6,9-10H2,1H3,(H2,23,27)(H,26,28). The molecule has 1 aliphatic heterocycles. The Hall–Kier alpha value is -2.79. The molecular weight excluding hydrogens is 428 g/mol. The quantitative estimate of drug-likeness (QED) is 0.697. The molecule has 164 valence electrons. The molecule has 2 aliphatic rings. The summed E-state index contributed by atoms with van der Waals surface area (Å²) in [6.07, 6.45) is 3.51. The van der Waals surface area contributed by atoms with E-state index >= 15 is 0 Å². The number of nitrogens with zero attached hydrogens (tertiary/aromatic N) is 3. The second kappa shape index (κ2) is 8.75. The van der Waals surface area contributed by atoms with Gasteiger partial charge in [0.2, 0.25) is 12.7 Å². The van der Waals surface area contributed by atoms with Crippen LogP contribution in [0.15, 0.2) is 35.6 Å². The van der Waals surface area contributed by atoms with E-state index < -0.39 is 24.1 Å². The summed E-state index contributed by atoms with van der Waals surface area (Å²) in [5.74, 6) is -0.226. The van der Waals surface area contributed by atoms with Crippen LogP contribution in [0.1, 0.15) is 28.9 Å². The number of nitrogens with one attached hydrogen (secondary N) is 1. The molecule has 2 heterocycles. The lowest BCUT2D eigenvalue weighted by Gasteiger charge is -2.36. The summed E-state index contributed by atoms with van der Waals surface area (Å²) in [6.45, 7) is -1.04. The summed E-state index contributed by atoms with van der Waals surface area (Å²) >= 11 is 1.45. The van der Waals surface area contributed by atoms with Gasteiger partial charge in [0.05, 0.1) is 24.0 Å². The van der Waals surface area contributed by atoms with Gasteiger partial charge in [-0.05, 0) is 24.6 Å².